The van der Waals surface area contributed by atoms with Crippen molar-refractivity contribution in [2.24, 2.45) is 0 Å². The van der Waals surface area contributed by atoms with Gasteiger partial charge < -0.3 is 5.32 Å². The quantitative estimate of drug-likeness (QED) is 0.813. The van der Waals surface area contributed by atoms with Gasteiger partial charge in [0.25, 0.3) is 0 Å². The highest BCUT2D eigenvalue weighted by molar-refractivity contribution is 5.59. The highest BCUT2D eigenvalue weighted by Gasteiger charge is 2.06. The molecule has 1 N–H and O–H groups in total. The Balaban J connectivity index is 2.49. The van der Waals surface area contributed by atoms with E-state index < -0.39 is 0 Å². The second kappa shape index (κ2) is 4.36. The molecule has 0 saturated heterocycles. The van der Waals surface area contributed by atoms with Gasteiger partial charge in [-0.3, -0.25) is 4.98 Å². The maximum Gasteiger partial charge on any atom is 0.161 e. The fourth-order valence-electron chi connectivity index (χ4n) is 1.29. The van der Waals surface area contributed by atoms with Crippen molar-refractivity contribution >= 4 is 5.82 Å². The van der Waals surface area contributed by atoms with Gasteiger partial charge in [0.05, 0.1) is 6.20 Å². The van der Waals surface area contributed by atoms with Crippen LogP contribution in [0.1, 0.15) is 5.56 Å². The molecule has 0 spiro atoms. The molecule has 0 aliphatic rings. The first-order valence-electron chi connectivity index (χ1n) is 4.70. The van der Waals surface area contributed by atoms with Crippen LogP contribution in [0.5, 0.6) is 0 Å². The SMILES string of the molecule is CNc1nc(-c2ccncc2)ncc1C#N. The summed E-state index contributed by atoms with van der Waals surface area (Å²) in [6.45, 7) is 0. The second-order valence-electron chi connectivity index (χ2n) is 3.05. The average Bonchev–Trinajstić information content (AvgIpc) is 2.39. The van der Waals surface area contributed by atoms with Gasteiger partial charge in [-0.2, -0.15) is 5.26 Å². The Kier molecular flexibility index (Phi) is 2.74. The molecule has 0 amide bonds. The number of aromatic nitrogens is 3. The van der Waals surface area contributed by atoms with Crippen molar-refractivity contribution in [3.8, 4) is 17.5 Å². The Hall–Kier alpha value is -2.48. The molecule has 0 aliphatic heterocycles. The van der Waals surface area contributed by atoms with Crippen LogP contribution in [-0.4, -0.2) is 22.0 Å². The van der Waals surface area contributed by atoms with Gasteiger partial charge in [-0.1, -0.05) is 0 Å². The summed E-state index contributed by atoms with van der Waals surface area (Å²) < 4.78 is 0. The zero-order valence-electron chi connectivity index (χ0n) is 8.68. The molecule has 0 fully saturated rings. The molecule has 0 unspecified atom stereocenters. The molecule has 0 bridgehead atoms. The van der Waals surface area contributed by atoms with E-state index in [0.29, 0.717) is 17.2 Å². The number of pyridine rings is 1. The number of anilines is 1. The molecule has 0 radical (unpaired) electrons. The monoisotopic (exact) mass is 211 g/mol. The van der Waals surface area contributed by atoms with Crippen LogP contribution in [0.15, 0.2) is 30.7 Å². The van der Waals surface area contributed by atoms with E-state index in [1.54, 1.807) is 19.4 Å². The van der Waals surface area contributed by atoms with Crippen LogP contribution < -0.4 is 5.32 Å². The van der Waals surface area contributed by atoms with E-state index in [4.69, 9.17) is 5.26 Å². The molecular formula is C11H9N5. The summed E-state index contributed by atoms with van der Waals surface area (Å²) in [4.78, 5) is 12.3. The summed E-state index contributed by atoms with van der Waals surface area (Å²) >= 11 is 0. The standard InChI is InChI=1S/C11H9N5/c1-13-10-9(6-12)7-15-11(16-10)8-2-4-14-5-3-8/h2-5,7H,1H3,(H,13,15,16). The molecule has 2 rings (SSSR count). The molecule has 0 aromatic carbocycles. The second-order valence-corrected chi connectivity index (χ2v) is 3.05. The molecule has 5 heteroatoms. The van der Waals surface area contributed by atoms with E-state index >= 15 is 0 Å². The fourth-order valence-corrected chi connectivity index (χ4v) is 1.29. The molecule has 0 aliphatic carbocycles. The largest absolute Gasteiger partial charge is 0.372 e. The van der Waals surface area contributed by atoms with E-state index in [2.05, 4.69) is 20.3 Å². The lowest BCUT2D eigenvalue weighted by Crippen LogP contribution is -1.99. The third kappa shape index (κ3) is 1.81. The van der Waals surface area contributed by atoms with Crippen LogP contribution >= 0.6 is 0 Å². The highest BCUT2D eigenvalue weighted by atomic mass is 15.0. The summed E-state index contributed by atoms with van der Waals surface area (Å²) in [7, 11) is 1.72. The first kappa shape index (κ1) is 10.1. The van der Waals surface area contributed by atoms with Gasteiger partial charge in [-0.25, -0.2) is 9.97 Å². The first-order valence-corrected chi connectivity index (χ1v) is 4.70. The average molecular weight is 211 g/mol. The van der Waals surface area contributed by atoms with Crippen LogP contribution in [-0.2, 0) is 0 Å². The first-order chi connectivity index (χ1) is 7.85. The Morgan fingerprint density at radius 1 is 1.31 bits per heavy atom. The number of nitrogens with zero attached hydrogens (tertiary/aromatic N) is 4. The Labute approximate surface area is 92.8 Å². The summed E-state index contributed by atoms with van der Waals surface area (Å²) in [5.74, 6) is 1.11. The molecule has 2 heterocycles. The van der Waals surface area contributed by atoms with Crippen LogP contribution in [0, 0.1) is 11.3 Å². The van der Waals surface area contributed by atoms with Gasteiger partial charge in [0.2, 0.25) is 0 Å². The maximum atomic E-state index is 8.83. The predicted octanol–water partition coefficient (Wildman–Crippen LogP) is 1.45. The summed E-state index contributed by atoms with van der Waals surface area (Å²) in [5, 5.41) is 11.7. The molecular weight excluding hydrogens is 202 g/mol. The topological polar surface area (TPSA) is 74.5 Å². The number of hydrogen-bond acceptors (Lipinski definition) is 5. The van der Waals surface area contributed by atoms with Crippen LogP contribution in [0.2, 0.25) is 0 Å². The van der Waals surface area contributed by atoms with Crippen molar-refractivity contribution < 1.29 is 0 Å². The number of rotatable bonds is 2. The Bertz CT molecular complexity index is 530. The highest BCUT2D eigenvalue weighted by Crippen LogP contribution is 2.17. The Morgan fingerprint density at radius 3 is 2.69 bits per heavy atom. The van der Waals surface area contributed by atoms with Gasteiger partial charge in [0, 0.05) is 25.0 Å². The summed E-state index contributed by atoms with van der Waals surface area (Å²) in [6, 6.07) is 5.67. The zero-order valence-corrected chi connectivity index (χ0v) is 8.68. The minimum Gasteiger partial charge on any atom is -0.372 e. The van der Waals surface area contributed by atoms with Gasteiger partial charge in [-0.15, -0.1) is 0 Å². The third-order valence-corrected chi connectivity index (χ3v) is 2.08. The van der Waals surface area contributed by atoms with Crippen LogP contribution in [0.25, 0.3) is 11.4 Å². The summed E-state index contributed by atoms with van der Waals surface area (Å²) in [5.41, 5.74) is 1.30. The predicted molar refractivity (Wildman–Crippen MR) is 59.5 cm³/mol. The van der Waals surface area contributed by atoms with E-state index in [1.165, 1.54) is 6.20 Å². The number of hydrogen-bond donors (Lipinski definition) is 1. The lowest BCUT2D eigenvalue weighted by Gasteiger charge is -2.04. The molecule has 16 heavy (non-hydrogen) atoms. The molecule has 5 nitrogen and oxygen atoms in total. The van der Waals surface area contributed by atoms with Crippen LogP contribution in [0.4, 0.5) is 5.82 Å². The lowest BCUT2D eigenvalue weighted by atomic mass is 10.2. The molecule has 0 atom stereocenters. The van der Waals surface area contributed by atoms with Crippen molar-refractivity contribution in [2.45, 2.75) is 0 Å². The van der Waals surface area contributed by atoms with Gasteiger partial charge in [0.1, 0.15) is 17.5 Å². The number of nitrogens with one attached hydrogen (secondary N) is 1. The van der Waals surface area contributed by atoms with Crippen LogP contribution in [0.3, 0.4) is 0 Å². The molecule has 2 aromatic rings. The smallest absolute Gasteiger partial charge is 0.161 e. The van der Waals surface area contributed by atoms with Crippen molar-refractivity contribution in [1.82, 2.24) is 15.0 Å². The minimum absolute atomic E-state index is 0.431. The molecule has 2 aromatic heterocycles. The summed E-state index contributed by atoms with van der Waals surface area (Å²) in [6.07, 6.45) is 4.86. The van der Waals surface area contributed by atoms with Crippen molar-refractivity contribution in [2.75, 3.05) is 12.4 Å². The number of nitriles is 1. The van der Waals surface area contributed by atoms with Gasteiger partial charge in [0.15, 0.2) is 5.82 Å². The molecule has 78 valence electrons. The maximum absolute atomic E-state index is 8.83. The molecule has 0 saturated carbocycles. The lowest BCUT2D eigenvalue weighted by molar-refractivity contribution is 1.15. The van der Waals surface area contributed by atoms with E-state index in [1.807, 2.05) is 18.2 Å². The fraction of sp³-hybridized carbons (Fsp3) is 0.0909. The van der Waals surface area contributed by atoms with Crippen molar-refractivity contribution in [3.05, 3.63) is 36.3 Å². The van der Waals surface area contributed by atoms with E-state index in [0.717, 1.165) is 5.56 Å². The van der Waals surface area contributed by atoms with Gasteiger partial charge >= 0.3 is 0 Å². The Morgan fingerprint density at radius 2 is 2.06 bits per heavy atom. The van der Waals surface area contributed by atoms with Crippen molar-refractivity contribution in [3.63, 3.8) is 0 Å². The minimum atomic E-state index is 0.431. The third-order valence-electron chi connectivity index (χ3n) is 2.08. The van der Waals surface area contributed by atoms with Crippen molar-refractivity contribution in [1.29, 1.82) is 5.26 Å². The van der Waals surface area contributed by atoms with E-state index in [-0.39, 0.29) is 0 Å². The normalized spacial score (nSPS) is 9.50. The van der Waals surface area contributed by atoms with E-state index in [9.17, 15) is 0 Å². The van der Waals surface area contributed by atoms with Gasteiger partial charge in [-0.05, 0) is 12.1 Å². The zero-order chi connectivity index (χ0) is 11.4.